The molecule has 0 aliphatic rings. The molecule has 5 heteroatoms. The largest absolute Gasteiger partial charge is 0.457 e. The van der Waals surface area contributed by atoms with Gasteiger partial charge in [0.2, 0.25) is 0 Å². The van der Waals surface area contributed by atoms with E-state index in [9.17, 15) is 13.2 Å². The van der Waals surface area contributed by atoms with E-state index in [2.05, 4.69) is 5.32 Å². The minimum absolute atomic E-state index is 0.0721. The number of nitrogens with one attached hydrogen (secondary N) is 2. The van der Waals surface area contributed by atoms with Gasteiger partial charge in [-0.2, -0.15) is 13.2 Å². The van der Waals surface area contributed by atoms with Crippen LogP contribution in [0.4, 0.5) is 13.2 Å². The molecule has 0 radical (unpaired) electrons. The number of halogens is 3. The van der Waals surface area contributed by atoms with E-state index in [-0.39, 0.29) is 6.54 Å². The van der Waals surface area contributed by atoms with Gasteiger partial charge in [0.1, 0.15) is 0 Å². The fourth-order valence-corrected chi connectivity index (χ4v) is 0.469. The highest BCUT2D eigenvalue weighted by Crippen LogP contribution is 2.07. The van der Waals surface area contributed by atoms with Crippen LogP contribution in [0.25, 0.3) is 0 Å². The predicted molar refractivity (Wildman–Crippen MR) is 32.6 cm³/mol. The Morgan fingerprint density at radius 3 is 2.20 bits per heavy atom. The van der Waals surface area contributed by atoms with E-state index in [0.717, 1.165) is 0 Å². The fraction of sp³-hybridized carbons (Fsp3) is 1.00. The summed E-state index contributed by atoms with van der Waals surface area (Å²) in [6.45, 7) is 2.81. The molecule has 0 aliphatic carbocycles. The van der Waals surface area contributed by atoms with Crippen molar-refractivity contribution in [2.45, 2.75) is 13.2 Å². The Balaban J connectivity index is 3.04. The van der Waals surface area contributed by atoms with E-state index in [4.69, 9.17) is 0 Å². The zero-order chi connectivity index (χ0) is 8.04. The second kappa shape index (κ2) is 4.51. The van der Waals surface area contributed by atoms with E-state index in [1.54, 1.807) is 0 Å². The highest BCUT2D eigenvalue weighted by molar-refractivity contribution is 4.51. The summed E-state index contributed by atoms with van der Waals surface area (Å²) in [4.78, 5) is 0. The van der Waals surface area contributed by atoms with Crippen LogP contribution in [-0.4, -0.2) is 25.9 Å². The van der Waals surface area contributed by atoms with Gasteiger partial charge < -0.3 is 5.32 Å². The van der Waals surface area contributed by atoms with Crippen molar-refractivity contribution >= 4 is 0 Å². The number of hydrogen-bond donors (Lipinski definition) is 2. The van der Waals surface area contributed by atoms with Gasteiger partial charge in [-0.1, -0.05) is 6.92 Å². The average Bonchev–Trinajstić information content (AvgIpc) is 1.78. The Hall–Kier alpha value is -0.290. The molecule has 0 bridgehead atoms. The maximum Gasteiger partial charge on any atom is 0.457 e. The minimum atomic E-state index is -4.24. The summed E-state index contributed by atoms with van der Waals surface area (Å²) < 4.78 is 34.0. The lowest BCUT2D eigenvalue weighted by molar-refractivity contribution is -0.156. The number of hydrogen-bond acceptors (Lipinski definition) is 2. The van der Waals surface area contributed by atoms with Crippen LogP contribution in [0.15, 0.2) is 0 Å². The van der Waals surface area contributed by atoms with Gasteiger partial charge in [0.25, 0.3) is 0 Å². The smallest absolute Gasteiger partial charge is 0.316 e. The highest BCUT2D eigenvalue weighted by atomic mass is 19.4. The Morgan fingerprint density at radius 1 is 1.20 bits per heavy atom. The fourth-order valence-electron chi connectivity index (χ4n) is 0.469. The molecular formula is C5H11F3N2. The third-order valence-electron chi connectivity index (χ3n) is 0.877. The SMILES string of the molecule is CCNCCNC(F)(F)F. The zero-order valence-corrected chi connectivity index (χ0v) is 5.76. The van der Waals surface area contributed by atoms with Crippen LogP contribution in [0.5, 0.6) is 0 Å². The molecule has 0 spiro atoms. The topological polar surface area (TPSA) is 24.1 Å². The molecule has 0 aromatic carbocycles. The lowest BCUT2D eigenvalue weighted by atomic mass is 10.6. The second-order valence-corrected chi connectivity index (χ2v) is 1.78. The summed E-state index contributed by atoms with van der Waals surface area (Å²) in [6, 6.07) is 0. The maximum atomic E-state index is 11.3. The summed E-state index contributed by atoms with van der Waals surface area (Å²) in [7, 11) is 0. The van der Waals surface area contributed by atoms with Crippen molar-refractivity contribution in [3.05, 3.63) is 0 Å². The van der Waals surface area contributed by atoms with Crippen LogP contribution < -0.4 is 10.6 Å². The summed E-state index contributed by atoms with van der Waals surface area (Å²) in [6.07, 6.45) is -4.24. The highest BCUT2D eigenvalue weighted by Gasteiger charge is 2.25. The van der Waals surface area contributed by atoms with Crippen LogP contribution in [0.2, 0.25) is 0 Å². The average molecular weight is 156 g/mol. The molecule has 0 saturated carbocycles. The monoisotopic (exact) mass is 156 g/mol. The van der Waals surface area contributed by atoms with Crippen molar-refractivity contribution in [1.82, 2.24) is 10.6 Å². The number of rotatable bonds is 4. The van der Waals surface area contributed by atoms with Crippen LogP contribution >= 0.6 is 0 Å². The first-order chi connectivity index (χ1) is 4.56. The van der Waals surface area contributed by atoms with E-state index >= 15 is 0 Å². The van der Waals surface area contributed by atoms with E-state index < -0.39 is 6.30 Å². The quantitative estimate of drug-likeness (QED) is 0.462. The third-order valence-corrected chi connectivity index (χ3v) is 0.877. The molecule has 0 heterocycles. The van der Waals surface area contributed by atoms with Crippen molar-refractivity contribution in [3.63, 3.8) is 0 Å². The maximum absolute atomic E-state index is 11.3. The molecule has 0 aromatic heterocycles. The third kappa shape index (κ3) is 7.71. The van der Waals surface area contributed by atoms with Crippen molar-refractivity contribution < 1.29 is 13.2 Å². The second-order valence-electron chi connectivity index (χ2n) is 1.78. The van der Waals surface area contributed by atoms with E-state index in [0.29, 0.717) is 13.1 Å². The first-order valence-electron chi connectivity index (χ1n) is 3.08. The molecule has 0 saturated heterocycles. The summed E-state index contributed by atoms with van der Waals surface area (Å²) >= 11 is 0. The summed E-state index contributed by atoms with van der Waals surface area (Å²) in [5.74, 6) is 0. The van der Waals surface area contributed by atoms with Crippen LogP contribution in [0.1, 0.15) is 6.92 Å². The van der Waals surface area contributed by atoms with Gasteiger partial charge in [-0.05, 0) is 6.54 Å². The molecule has 10 heavy (non-hydrogen) atoms. The number of alkyl halides is 3. The van der Waals surface area contributed by atoms with Crippen LogP contribution in [0.3, 0.4) is 0 Å². The molecular weight excluding hydrogens is 145 g/mol. The van der Waals surface area contributed by atoms with E-state index in [1.807, 2.05) is 6.92 Å². The lowest BCUT2D eigenvalue weighted by Crippen LogP contribution is -2.37. The standard InChI is InChI=1S/C5H11F3N2/c1-2-9-3-4-10-5(6,7)8/h9-10H,2-4H2,1H3. The van der Waals surface area contributed by atoms with Crippen molar-refractivity contribution in [3.8, 4) is 0 Å². The first-order valence-corrected chi connectivity index (χ1v) is 3.08. The Morgan fingerprint density at radius 2 is 1.80 bits per heavy atom. The van der Waals surface area contributed by atoms with Gasteiger partial charge >= 0.3 is 6.30 Å². The molecule has 0 rings (SSSR count). The molecule has 0 fully saturated rings. The molecule has 0 amide bonds. The van der Waals surface area contributed by atoms with Gasteiger partial charge in [0.15, 0.2) is 0 Å². The Labute approximate surface area is 57.8 Å². The minimum Gasteiger partial charge on any atom is -0.316 e. The molecule has 0 unspecified atom stereocenters. The van der Waals surface area contributed by atoms with Crippen molar-refractivity contribution in [2.24, 2.45) is 0 Å². The van der Waals surface area contributed by atoms with E-state index in [1.165, 1.54) is 5.32 Å². The van der Waals surface area contributed by atoms with Gasteiger partial charge in [0.05, 0.1) is 0 Å². The summed E-state index contributed by atoms with van der Waals surface area (Å²) in [5, 5.41) is 4.15. The normalized spacial score (nSPS) is 12.0. The zero-order valence-electron chi connectivity index (χ0n) is 5.76. The lowest BCUT2D eigenvalue weighted by Gasteiger charge is -2.07. The van der Waals surface area contributed by atoms with Gasteiger partial charge in [-0.25, -0.2) is 5.32 Å². The molecule has 0 aliphatic heterocycles. The van der Waals surface area contributed by atoms with Gasteiger partial charge in [0, 0.05) is 13.1 Å². The van der Waals surface area contributed by atoms with Crippen LogP contribution in [0, 0.1) is 0 Å². The van der Waals surface area contributed by atoms with Crippen molar-refractivity contribution in [1.29, 1.82) is 0 Å². The first kappa shape index (κ1) is 9.71. The molecule has 0 aromatic rings. The van der Waals surface area contributed by atoms with Gasteiger partial charge in [-0.3, -0.25) is 0 Å². The molecule has 2 nitrogen and oxygen atoms in total. The Kier molecular flexibility index (Phi) is 4.38. The number of likely N-dealkylation sites (N-methyl/N-ethyl adjacent to an activating group) is 1. The molecule has 2 N–H and O–H groups in total. The van der Waals surface area contributed by atoms with Gasteiger partial charge in [-0.15, -0.1) is 0 Å². The van der Waals surface area contributed by atoms with Crippen molar-refractivity contribution in [2.75, 3.05) is 19.6 Å². The predicted octanol–water partition coefficient (Wildman–Crippen LogP) is 0.705. The summed E-state index contributed by atoms with van der Waals surface area (Å²) in [5.41, 5.74) is 0. The van der Waals surface area contributed by atoms with Crippen LogP contribution in [-0.2, 0) is 0 Å². The molecule has 62 valence electrons. The molecule has 0 atom stereocenters. The Bertz CT molecular complexity index is 81.5.